The molecule has 2 unspecified atom stereocenters. The van der Waals surface area contributed by atoms with Gasteiger partial charge in [-0.3, -0.25) is 4.79 Å². The molecule has 1 saturated heterocycles. The highest BCUT2D eigenvalue weighted by atomic mass is 16.3. The van der Waals surface area contributed by atoms with Crippen LogP contribution in [-0.4, -0.2) is 36.8 Å². The predicted octanol–water partition coefficient (Wildman–Crippen LogP) is -0.410. The van der Waals surface area contributed by atoms with Crippen molar-refractivity contribution in [1.82, 2.24) is 10.6 Å². The van der Waals surface area contributed by atoms with E-state index in [1.807, 2.05) is 0 Å². The fourth-order valence-electron chi connectivity index (χ4n) is 1.65. The summed E-state index contributed by atoms with van der Waals surface area (Å²) in [7, 11) is 0. The molecule has 2 heterocycles. The van der Waals surface area contributed by atoms with Crippen LogP contribution in [0.1, 0.15) is 10.6 Å². The standard InChI is InChI=1S/C10H14N2O3/c13-8-6-11-4-7(8)5-12-10(14)9-2-1-3-15-9/h1-3,7-8,11,13H,4-6H2,(H,12,14). The molecule has 0 saturated carbocycles. The molecule has 15 heavy (non-hydrogen) atoms. The van der Waals surface area contributed by atoms with Gasteiger partial charge >= 0.3 is 0 Å². The van der Waals surface area contributed by atoms with Gasteiger partial charge in [0.2, 0.25) is 0 Å². The Labute approximate surface area is 87.5 Å². The zero-order chi connectivity index (χ0) is 10.7. The van der Waals surface area contributed by atoms with Crippen LogP contribution in [0.15, 0.2) is 22.8 Å². The van der Waals surface area contributed by atoms with Gasteiger partial charge in [0.1, 0.15) is 0 Å². The lowest BCUT2D eigenvalue weighted by atomic mass is 10.1. The first-order valence-electron chi connectivity index (χ1n) is 4.98. The van der Waals surface area contributed by atoms with Crippen LogP contribution in [-0.2, 0) is 0 Å². The minimum absolute atomic E-state index is 0.0870. The lowest BCUT2D eigenvalue weighted by Gasteiger charge is -2.13. The first kappa shape index (κ1) is 10.2. The number of β-amino-alcohol motifs (C(OH)–C–C–N with tert-alkyl or cyclic N) is 1. The van der Waals surface area contributed by atoms with Gasteiger partial charge in [-0.15, -0.1) is 0 Å². The van der Waals surface area contributed by atoms with Gasteiger partial charge in [0.25, 0.3) is 5.91 Å². The summed E-state index contributed by atoms with van der Waals surface area (Å²) in [5.74, 6) is 0.151. The van der Waals surface area contributed by atoms with Gasteiger partial charge in [-0.2, -0.15) is 0 Å². The molecule has 1 aliphatic rings. The van der Waals surface area contributed by atoms with E-state index >= 15 is 0 Å². The summed E-state index contributed by atoms with van der Waals surface area (Å²) >= 11 is 0. The summed E-state index contributed by atoms with van der Waals surface area (Å²) in [5.41, 5.74) is 0. The number of furan rings is 1. The van der Waals surface area contributed by atoms with Crippen LogP contribution in [0.3, 0.4) is 0 Å². The first-order chi connectivity index (χ1) is 7.27. The van der Waals surface area contributed by atoms with Crippen molar-refractivity contribution in [2.24, 2.45) is 5.92 Å². The Morgan fingerprint density at radius 2 is 2.53 bits per heavy atom. The topological polar surface area (TPSA) is 74.5 Å². The van der Waals surface area contributed by atoms with E-state index in [-0.39, 0.29) is 17.9 Å². The molecule has 82 valence electrons. The van der Waals surface area contributed by atoms with Crippen molar-refractivity contribution in [2.45, 2.75) is 6.10 Å². The Kier molecular flexibility index (Phi) is 3.03. The summed E-state index contributed by atoms with van der Waals surface area (Å²) in [6, 6.07) is 3.28. The smallest absolute Gasteiger partial charge is 0.286 e. The quantitative estimate of drug-likeness (QED) is 0.634. The van der Waals surface area contributed by atoms with Gasteiger partial charge < -0.3 is 20.2 Å². The van der Waals surface area contributed by atoms with Crippen molar-refractivity contribution in [3.63, 3.8) is 0 Å². The molecule has 5 heteroatoms. The van der Waals surface area contributed by atoms with Crippen LogP contribution in [0.4, 0.5) is 0 Å². The average molecular weight is 210 g/mol. The Morgan fingerprint density at radius 3 is 3.13 bits per heavy atom. The highest BCUT2D eigenvalue weighted by Crippen LogP contribution is 2.07. The number of rotatable bonds is 3. The van der Waals surface area contributed by atoms with Crippen LogP contribution in [0.5, 0.6) is 0 Å². The van der Waals surface area contributed by atoms with Gasteiger partial charge in [-0.05, 0) is 12.1 Å². The zero-order valence-electron chi connectivity index (χ0n) is 8.27. The van der Waals surface area contributed by atoms with Crippen LogP contribution >= 0.6 is 0 Å². The van der Waals surface area contributed by atoms with E-state index in [9.17, 15) is 9.90 Å². The summed E-state index contributed by atoms with van der Waals surface area (Å²) in [6.45, 7) is 1.80. The van der Waals surface area contributed by atoms with Crippen molar-refractivity contribution in [3.05, 3.63) is 24.2 Å². The SMILES string of the molecule is O=C(NCC1CNCC1O)c1ccco1. The van der Waals surface area contributed by atoms with Crippen LogP contribution in [0, 0.1) is 5.92 Å². The molecule has 1 aliphatic heterocycles. The molecule has 1 aromatic rings. The van der Waals surface area contributed by atoms with E-state index in [1.54, 1.807) is 12.1 Å². The maximum Gasteiger partial charge on any atom is 0.286 e. The molecule has 2 rings (SSSR count). The summed E-state index contributed by atoms with van der Waals surface area (Å²) in [5, 5.41) is 15.3. The Bertz CT molecular complexity index is 323. The molecule has 2 atom stereocenters. The van der Waals surface area contributed by atoms with E-state index in [1.165, 1.54) is 6.26 Å². The van der Waals surface area contributed by atoms with Crippen molar-refractivity contribution in [1.29, 1.82) is 0 Å². The number of aliphatic hydroxyl groups is 1. The first-order valence-corrected chi connectivity index (χ1v) is 4.98. The normalized spacial score (nSPS) is 25.4. The third-order valence-electron chi connectivity index (χ3n) is 2.57. The number of hydrogen-bond acceptors (Lipinski definition) is 4. The van der Waals surface area contributed by atoms with Gasteiger partial charge in [-0.1, -0.05) is 0 Å². The second-order valence-corrected chi connectivity index (χ2v) is 3.67. The van der Waals surface area contributed by atoms with E-state index in [0.717, 1.165) is 6.54 Å². The van der Waals surface area contributed by atoms with E-state index in [0.29, 0.717) is 18.8 Å². The zero-order valence-corrected chi connectivity index (χ0v) is 8.27. The number of aliphatic hydroxyl groups excluding tert-OH is 1. The highest BCUT2D eigenvalue weighted by Gasteiger charge is 2.25. The monoisotopic (exact) mass is 210 g/mol. The second kappa shape index (κ2) is 4.46. The molecule has 0 radical (unpaired) electrons. The van der Waals surface area contributed by atoms with E-state index in [2.05, 4.69) is 10.6 Å². The van der Waals surface area contributed by atoms with Crippen molar-refractivity contribution in [3.8, 4) is 0 Å². The third-order valence-corrected chi connectivity index (χ3v) is 2.57. The molecule has 0 spiro atoms. The molecule has 0 aliphatic carbocycles. The van der Waals surface area contributed by atoms with E-state index in [4.69, 9.17) is 4.42 Å². The third kappa shape index (κ3) is 2.37. The predicted molar refractivity (Wildman–Crippen MR) is 53.4 cm³/mol. The molecule has 0 bridgehead atoms. The number of carbonyl (C=O) groups excluding carboxylic acids is 1. The van der Waals surface area contributed by atoms with Crippen LogP contribution in [0.25, 0.3) is 0 Å². The maximum atomic E-state index is 11.5. The molecule has 0 aromatic carbocycles. The van der Waals surface area contributed by atoms with E-state index < -0.39 is 0 Å². The average Bonchev–Trinajstić information content (AvgIpc) is 2.85. The molecule has 1 fully saturated rings. The minimum atomic E-state index is -0.373. The minimum Gasteiger partial charge on any atom is -0.459 e. The molecular weight excluding hydrogens is 196 g/mol. The largest absolute Gasteiger partial charge is 0.459 e. The summed E-state index contributed by atoms with van der Waals surface area (Å²) in [4.78, 5) is 11.5. The second-order valence-electron chi connectivity index (χ2n) is 3.67. The molecule has 1 aromatic heterocycles. The lowest BCUT2D eigenvalue weighted by Crippen LogP contribution is -2.34. The van der Waals surface area contributed by atoms with Gasteiger partial charge in [0.05, 0.1) is 12.4 Å². The van der Waals surface area contributed by atoms with Gasteiger partial charge in [0.15, 0.2) is 5.76 Å². The van der Waals surface area contributed by atoms with Crippen LogP contribution in [0.2, 0.25) is 0 Å². The van der Waals surface area contributed by atoms with Crippen LogP contribution < -0.4 is 10.6 Å². The molecule has 1 amide bonds. The summed E-state index contributed by atoms with van der Waals surface area (Å²) < 4.78 is 4.95. The number of hydrogen-bond donors (Lipinski definition) is 3. The Morgan fingerprint density at radius 1 is 1.67 bits per heavy atom. The molecule has 5 nitrogen and oxygen atoms in total. The van der Waals surface area contributed by atoms with Gasteiger partial charge in [0, 0.05) is 25.6 Å². The lowest BCUT2D eigenvalue weighted by molar-refractivity contribution is 0.0900. The fourth-order valence-corrected chi connectivity index (χ4v) is 1.65. The number of carbonyl (C=O) groups is 1. The van der Waals surface area contributed by atoms with Crippen molar-refractivity contribution in [2.75, 3.05) is 19.6 Å². The summed E-state index contributed by atoms with van der Waals surface area (Å²) in [6.07, 6.45) is 1.09. The highest BCUT2D eigenvalue weighted by molar-refractivity contribution is 5.91. The number of nitrogens with one attached hydrogen (secondary N) is 2. The van der Waals surface area contributed by atoms with Crippen molar-refractivity contribution >= 4 is 5.91 Å². The maximum absolute atomic E-state index is 11.5. The Hall–Kier alpha value is -1.33. The molecule has 3 N–H and O–H groups in total. The Balaban J connectivity index is 1.81. The van der Waals surface area contributed by atoms with Gasteiger partial charge in [-0.25, -0.2) is 0 Å². The number of amides is 1. The van der Waals surface area contributed by atoms with Crippen molar-refractivity contribution < 1.29 is 14.3 Å². The molecular formula is C10H14N2O3. The fraction of sp³-hybridized carbons (Fsp3) is 0.500.